The Morgan fingerprint density at radius 1 is 1.47 bits per heavy atom. The number of aromatic nitrogens is 1. The summed E-state index contributed by atoms with van der Waals surface area (Å²) >= 11 is 5.55. The molecule has 2 aromatic rings. The fraction of sp³-hybridized carbons (Fsp3) is 0.167. The predicted molar refractivity (Wildman–Crippen MR) is 63.4 cm³/mol. The first-order valence-electron chi connectivity index (χ1n) is 4.75. The summed E-state index contributed by atoms with van der Waals surface area (Å²) in [5.41, 5.74) is 3.66. The van der Waals surface area contributed by atoms with E-state index in [0.717, 1.165) is 22.2 Å². The van der Waals surface area contributed by atoms with E-state index in [0.29, 0.717) is 6.61 Å². The summed E-state index contributed by atoms with van der Waals surface area (Å²) in [7, 11) is 0. The van der Waals surface area contributed by atoms with Crippen LogP contribution in [0.3, 0.4) is 0 Å². The Balaban J connectivity index is 2.14. The SMILES string of the molecule is C/C(=C/Cl)COc1ccc2[nH]ccc2c1. The van der Waals surface area contributed by atoms with E-state index in [1.165, 1.54) is 5.54 Å². The van der Waals surface area contributed by atoms with Gasteiger partial charge in [0.25, 0.3) is 0 Å². The third-order valence-electron chi connectivity index (χ3n) is 2.18. The van der Waals surface area contributed by atoms with Crippen LogP contribution in [0.25, 0.3) is 10.9 Å². The van der Waals surface area contributed by atoms with Crippen molar-refractivity contribution < 1.29 is 4.74 Å². The van der Waals surface area contributed by atoms with Crippen molar-refractivity contribution >= 4 is 22.5 Å². The number of aromatic amines is 1. The Hall–Kier alpha value is -1.41. The molecule has 0 bridgehead atoms. The minimum Gasteiger partial charge on any atom is -0.489 e. The summed E-state index contributed by atoms with van der Waals surface area (Å²) in [5.74, 6) is 0.861. The maximum Gasteiger partial charge on any atom is 0.120 e. The fourth-order valence-electron chi connectivity index (χ4n) is 1.35. The van der Waals surface area contributed by atoms with Gasteiger partial charge in [-0.05, 0) is 36.8 Å². The van der Waals surface area contributed by atoms with Crippen molar-refractivity contribution in [2.75, 3.05) is 6.61 Å². The van der Waals surface area contributed by atoms with Gasteiger partial charge in [-0.15, -0.1) is 0 Å². The number of ether oxygens (including phenoxy) is 1. The van der Waals surface area contributed by atoms with Crippen LogP contribution in [0, 0.1) is 0 Å². The highest BCUT2D eigenvalue weighted by molar-refractivity contribution is 6.25. The van der Waals surface area contributed by atoms with Crippen LogP contribution >= 0.6 is 11.6 Å². The molecule has 2 rings (SSSR count). The molecule has 0 radical (unpaired) electrons. The second-order valence-electron chi connectivity index (χ2n) is 3.47. The quantitative estimate of drug-likeness (QED) is 0.840. The molecule has 0 atom stereocenters. The lowest BCUT2D eigenvalue weighted by Crippen LogP contribution is -1.97. The minimum absolute atomic E-state index is 0.527. The second-order valence-corrected chi connectivity index (χ2v) is 3.69. The highest BCUT2D eigenvalue weighted by Gasteiger charge is 1.98. The fourth-order valence-corrected chi connectivity index (χ4v) is 1.41. The number of rotatable bonds is 3. The predicted octanol–water partition coefficient (Wildman–Crippen LogP) is 3.69. The van der Waals surface area contributed by atoms with Gasteiger partial charge in [0.15, 0.2) is 0 Å². The van der Waals surface area contributed by atoms with Crippen molar-refractivity contribution in [3.8, 4) is 5.75 Å². The average molecular weight is 222 g/mol. The minimum atomic E-state index is 0.527. The summed E-state index contributed by atoms with van der Waals surface area (Å²) < 4.78 is 5.57. The first kappa shape index (κ1) is 10.1. The summed E-state index contributed by atoms with van der Waals surface area (Å²) in [4.78, 5) is 3.13. The molecule has 0 saturated heterocycles. The van der Waals surface area contributed by atoms with Crippen LogP contribution in [0.5, 0.6) is 5.75 Å². The average Bonchev–Trinajstić information content (AvgIpc) is 2.72. The Kier molecular flexibility index (Phi) is 2.97. The molecule has 1 aromatic heterocycles. The molecule has 1 heterocycles. The van der Waals surface area contributed by atoms with Gasteiger partial charge in [-0.3, -0.25) is 0 Å². The summed E-state index contributed by atoms with van der Waals surface area (Å²) in [6, 6.07) is 7.98. The zero-order chi connectivity index (χ0) is 10.7. The van der Waals surface area contributed by atoms with Crippen LogP contribution < -0.4 is 4.74 Å². The molecule has 15 heavy (non-hydrogen) atoms. The van der Waals surface area contributed by atoms with E-state index in [1.54, 1.807) is 0 Å². The third-order valence-corrected chi connectivity index (χ3v) is 2.55. The normalized spacial score (nSPS) is 12.0. The molecule has 3 heteroatoms. The number of benzene rings is 1. The maximum absolute atomic E-state index is 5.57. The first-order valence-corrected chi connectivity index (χ1v) is 5.19. The zero-order valence-electron chi connectivity index (χ0n) is 8.46. The van der Waals surface area contributed by atoms with Gasteiger partial charge in [-0.1, -0.05) is 11.6 Å². The van der Waals surface area contributed by atoms with Crippen LogP contribution in [0.15, 0.2) is 41.6 Å². The molecule has 1 N–H and O–H groups in total. The van der Waals surface area contributed by atoms with Crippen molar-refractivity contribution in [3.05, 3.63) is 41.6 Å². The van der Waals surface area contributed by atoms with Crippen LogP contribution in [0.2, 0.25) is 0 Å². The maximum atomic E-state index is 5.57. The van der Waals surface area contributed by atoms with E-state index in [2.05, 4.69) is 4.98 Å². The molecule has 78 valence electrons. The number of hydrogen-bond acceptors (Lipinski definition) is 1. The number of halogens is 1. The topological polar surface area (TPSA) is 25.0 Å². The lowest BCUT2D eigenvalue weighted by atomic mass is 10.2. The van der Waals surface area contributed by atoms with Crippen LogP contribution in [0.4, 0.5) is 0 Å². The molecule has 0 saturated carbocycles. The van der Waals surface area contributed by atoms with Crippen molar-refractivity contribution in [1.29, 1.82) is 0 Å². The van der Waals surface area contributed by atoms with Gasteiger partial charge in [0, 0.05) is 22.6 Å². The highest BCUT2D eigenvalue weighted by atomic mass is 35.5. The van der Waals surface area contributed by atoms with Gasteiger partial charge in [0.2, 0.25) is 0 Å². The Bertz CT molecular complexity index is 487. The third kappa shape index (κ3) is 2.34. The molecule has 0 spiro atoms. The van der Waals surface area contributed by atoms with Crippen LogP contribution in [0.1, 0.15) is 6.92 Å². The van der Waals surface area contributed by atoms with Crippen molar-refractivity contribution in [3.63, 3.8) is 0 Å². The number of hydrogen-bond donors (Lipinski definition) is 1. The van der Waals surface area contributed by atoms with Crippen molar-refractivity contribution in [2.24, 2.45) is 0 Å². The van der Waals surface area contributed by atoms with Gasteiger partial charge in [-0.25, -0.2) is 0 Å². The lowest BCUT2D eigenvalue weighted by molar-refractivity contribution is 0.353. The number of H-pyrrole nitrogens is 1. The zero-order valence-corrected chi connectivity index (χ0v) is 9.21. The molecule has 0 fully saturated rings. The second kappa shape index (κ2) is 4.41. The number of fused-ring (bicyclic) bond motifs is 1. The van der Waals surface area contributed by atoms with Gasteiger partial charge < -0.3 is 9.72 Å². The summed E-state index contributed by atoms with van der Waals surface area (Å²) in [5, 5.41) is 1.15. The molecule has 0 aliphatic rings. The van der Waals surface area contributed by atoms with E-state index >= 15 is 0 Å². The van der Waals surface area contributed by atoms with Gasteiger partial charge in [-0.2, -0.15) is 0 Å². The molecule has 1 aromatic carbocycles. The Labute approximate surface area is 93.5 Å². The summed E-state index contributed by atoms with van der Waals surface area (Å²) in [6.45, 7) is 2.46. The standard InChI is InChI=1S/C12H12ClNO/c1-9(7-13)8-15-11-2-3-12-10(6-11)4-5-14-12/h2-7,14H,8H2,1H3/b9-7-. The largest absolute Gasteiger partial charge is 0.489 e. The van der Waals surface area contributed by atoms with Crippen molar-refractivity contribution in [1.82, 2.24) is 4.98 Å². The molecule has 0 aliphatic heterocycles. The Morgan fingerprint density at radius 3 is 3.13 bits per heavy atom. The molecule has 2 nitrogen and oxygen atoms in total. The highest BCUT2D eigenvalue weighted by Crippen LogP contribution is 2.19. The smallest absolute Gasteiger partial charge is 0.120 e. The van der Waals surface area contributed by atoms with Crippen LogP contribution in [-0.4, -0.2) is 11.6 Å². The van der Waals surface area contributed by atoms with Gasteiger partial charge in [0.05, 0.1) is 0 Å². The van der Waals surface area contributed by atoms with Gasteiger partial charge in [0.1, 0.15) is 12.4 Å². The van der Waals surface area contributed by atoms with E-state index in [1.807, 2.05) is 37.4 Å². The van der Waals surface area contributed by atoms with E-state index in [9.17, 15) is 0 Å². The first-order chi connectivity index (χ1) is 7.29. The van der Waals surface area contributed by atoms with E-state index < -0.39 is 0 Å². The Morgan fingerprint density at radius 2 is 2.33 bits per heavy atom. The monoisotopic (exact) mass is 221 g/mol. The van der Waals surface area contributed by atoms with E-state index in [-0.39, 0.29) is 0 Å². The summed E-state index contributed by atoms with van der Waals surface area (Å²) in [6.07, 6.45) is 1.92. The van der Waals surface area contributed by atoms with Crippen molar-refractivity contribution in [2.45, 2.75) is 6.92 Å². The van der Waals surface area contributed by atoms with E-state index in [4.69, 9.17) is 16.3 Å². The molecule has 0 amide bonds. The number of nitrogens with one attached hydrogen (secondary N) is 1. The molecule has 0 unspecified atom stereocenters. The molecular formula is C12H12ClNO. The molecular weight excluding hydrogens is 210 g/mol. The van der Waals surface area contributed by atoms with Gasteiger partial charge >= 0.3 is 0 Å². The van der Waals surface area contributed by atoms with Crippen LogP contribution in [-0.2, 0) is 0 Å². The molecule has 0 aliphatic carbocycles. The lowest BCUT2D eigenvalue weighted by Gasteiger charge is -2.05.